The van der Waals surface area contributed by atoms with Crippen LogP contribution in [0.2, 0.25) is 0 Å². The van der Waals surface area contributed by atoms with Crippen LogP contribution in [0.5, 0.6) is 0 Å². The first-order valence-electron chi connectivity index (χ1n) is 6.22. The van der Waals surface area contributed by atoms with Crippen molar-refractivity contribution in [1.82, 2.24) is 10.2 Å². The van der Waals surface area contributed by atoms with Gasteiger partial charge in [0.15, 0.2) is 0 Å². The number of piperazine rings is 1. The van der Waals surface area contributed by atoms with E-state index in [4.69, 9.17) is 0 Å². The Morgan fingerprint density at radius 2 is 1.94 bits per heavy atom. The molecule has 4 atom stereocenters. The van der Waals surface area contributed by atoms with Gasteiger partial charge in [-0.1, -0.05) is 20.8 Å². The second-order valence-corrected chi connectivity index (χ2v) is 4.92. The topological polar surface area (TPSA) is 49.4 Å². The van der Waals surface area contributed by atoms with E-state index in [1.165, 1.54) is 0 Å². The van der Waals surface area contributed by atoms with Gasteiger partial charge in [0.05, 0.1) is 0 Å². The third kappa shape index (κ3) is 1.70. The van der Waals surface area contributed by atoms with Gasteiger partial charge in [0.25, 0.3) is 0 Å². The van der Waals surface area contributed by atoms with Gasteiger partial charge >= 0.3 is 0 Å². The summed E-state index contributed by atoms with van der Waals surface area (Å²) in [5, 5.41) is 2.81. The van der Waals surface area contributed by atoms with Gasteiger partial charge < -0.3 is 10.2 Å². The summed E-state index contributed by atoms with van der Waals surface area (Å²) >= 11 is 0. The van der Waals surface area contributed by atoms with Crippen LogP contribution in [0.4, 0.5) is 0 Å². The molecule has 4 heteroatoms. The number of nitrogens with zero attached hydrogens (tertiary/aromatic N) is 1. The van der Waals surface area contributed by atoms with Crippen molar-refractivity contribution in [2.75, 3.05) is 0 Å². The fourth-order valence-corrected chi connectivity index (χ4v) is 2.53. The van der Waals surface area contributed by atoms with Gasteiger partial charge in [-0.05, 0) is 25.2 Å². The molecule has 1 N–H and O–H groups in total. The quantitative estimate of drug-likeness (QED) is 0.774. The molecule has 0 aromatic heterocycles. The van der Waals surface area contributed by atoms with Gasteiger partial charge in [-0.2, -0.15) is 0 Å². The van der Waals surface area contributed by atoms with Crippen LogP contribution in [-0.4, -0.2) is 34.8 Å². The highest BCUT2D eigenvalue weighted by Gasteiger charge is 2.49. The monoisotopic (exact) mass is 224 g/mol. The molecule has 1 aliphatic carbocycles. The Balaban J connectivity index is 2.20. The van der Waals surface area contributed by atoms with E-state index in [1.807, 2.05) is 18.7 Å². The number of carbonyl (C=O) groups excluding carboxylic acids is 2. The summed E-state index contributed by atoms with van der Waals surface area (Å²) in [5.41, 5.74) is 0. The summed E-state index contributed by atoms with van der Waals surface area (Å²) in [4.78, 5) is 25.9. The molecule has 1 saturated heterocycles. The second kappa shape index (κ2) is 4.07. The maximum Gasteiger partial charge on any atom is 0.246 e. The van der Waals surface area contributed by atoms with Crippen LogP contribution < -0.4 is 5.32 Å². The van der Waals surface area contributed by atoms with E-state index in [9.17, 15) is 9.59 Å². The van der Waals surface area contributed by atoms with Crippen molar-refractivity contribution in [2.24, 2.45) is 5.92 Å². The zero-order valence-corrected chi connectivity index (χ0v) is 10.2. The van der Waals surface area contributed by atoms with Crippen molar-refractivity contribution < 1.29 is 9.59 Å². The molecule has 0 bridgehead atoms. The van der Waals surface area contributed by atoms with Crippen LogP contribution in [0.3, 0.4) is 0 Å². The molecule has 1 heterocycles. The standard InChI is InChI=1S/C12H20N2O2/c1-4-8-12(16)14(10-6-7(10)3)9(5-2)11(15)13-8/h7-10H,4-6H2,1-3H3,(H,13,15). The summed E-state index contributed by atoms with van der Waals surface area (Å²) in [7, 11) is 0. The molecule has 1 saturated carbocycles. The lowest BCUT2D eigenvalue weighted by atomic mass is 10.0. The summed E-state index contributed by atoms with van der Waals surface area (Å²) in [6.45, 7) is 6.03. The predicted octanol–water partition coefficient (Wildman–Crippen LogP) is 0.910. The van der Waals surface area contributed by atoms with Crippen molar-refractivity contribution in [3.8, 4) is 0 Å². The lowest BCUT2D eigenvalue weighted by Crippen LogP contribution is -2.63. The molecule has 90 valence electrons. The molecular weight excluding hydrogens is 204 g/mol. The Morgan fingerprint density at radius 3 is 2.38 bits per heavy atom. The number of nitrogens with one attached hydrogen (secondary N) is 1. The predicted molar refractivity (Wildman–Crippen MR) is 60.7 cm³/mol. The highest BCUT2D eigenvalue weighted by atomic mass is 16.2. The van der Waals surface area contributed by atoms with Gasteiger partial charge in [-0.15, -0.1) is 0 Å². The Bertz CT molecular complexity index is 316. The highest BCUT2D eigenvalue weighted by molar-refractivity contribution is 5.97. The second-order valence-electron chi connectivity index (χ2n) is 4.92. The minimum atomic E-state index is -0.303. The first-order valence-corrected chi connectivity index (χ1v) is 6.22. The van der Waals surface area contributed by atoms with Crippen molar-refractivity contribution in [1.29, 1.82) is 0 Å². The van der Waals surface area contributed by atoms with Gasteiger partial charge in [0, 0.05) is 6.04 Å². The number of hydrogen-bond acceptors (Lipinski definition) is 2. The fourth-order valence-electron chi connectivity index (χ4n) is 2.53. The third-order valence-corrected chi connectivity index (χ3v) is 3.73. The zero-order chi connectivity index (χ0) is 11.9. The van der Waals surface area contributed by atoms with Crippen LogP contribution in [0.1, 0.15) is 40.0 Å². The van der Waals surface area contributed by atoms with Gasteiger partial charge in [0.2, 0.25) is 11.8 Å². The lowest BCUT2D eigenvalue weighted by molar-refractivity contribution is -0.150. The summed E-state index contributed by atoms with van der Waals surface area (Å²) in [5.74, 6) is 0.692. The number of hydrogen-bond donors (Lipinski definition) is 1. The Labute approximate surface area is 96.4 Å². The third-order valence-electron chi connectivity index (χ3n) is 3.73. The SMILES string of the molecule is CCC1NC(=O)C(CC)N(C2CC2C)C1=O. The van der Waals surface area contributed by atoms with Gasteiger partial charge in [0.1, 0.15) is 12.1 Å². The number of carbonyl (C=O) groups is 2. The molecule has 0 aromatic rings. The minimum Gasteiger partial charge on any atom is -0.343 e. The number of rotatable bonds is 3. The van der Waals surface area contributed by atoms with Crippen molar-refractivity contribution in [3.63, 3.8) is 0 Å². The smallest absolute Gasteiger partial charge is 0.246 e. The largest absolute Gasteiger partial charge is 0.343 e. The highest BCUT2D eigenvalue weighted by Crippen LogP contribution is 2.38. The minimum absolute atomic E-state index is 0.0213. The van der Waals surface area contributed by atoms with E-state index < -0.39 is 0 Å². The molecule has 4 nitrogen and oxygen atoms in total. The number of amides is 2. The summed E-state index contributed by atoms with van der Waals surface area (Å²) < 4.78 is 0. The average molecular weight is 224 g/mol. The van der Waals surface area contributed by atoms with Crippen LogP contribution in [-0.2, 0) is 9.59 Å². The summed E-state index contributed by atoms with van der Waals surface area (Å²) in [6.07, 6.45) is 2.43. The molecule has 4 unspecified atom stereocenters. The Hall–Kier alpha value is -1.06. The van der Waals surface area contributed by atoms with Crippen LogP contribution >= 0.6 is 0 Å². The first-order chi connectivity index (χ1) is 7.60. The molecule has 1 aliphatic heterocycles. The molecule has 16 heavy (non-hydrogen) atoms. The average Bonchev–Trinajstić information content (AvgIpc) is 2.97. The van der Waals surface area contributed by atoms with E-state index >= 15 is 0 Å². The van der Waals surface area contributed by atoms with E-state index in [0.29, 0.717) is 24.8 Å². The van der Waals surface area contributed by atoms with E-state index in [2.05, 4.69) is 12.2 Å². The molecule has 0 radical (unpaired) electrons. The molecule has 0 aromatic carbocycles. The zero-order valence-electron chi connectivity index (χ0n) is 10.2. The van der Waals surface area contributed by atoms with E-state index in [1.54, 1.807) is 0 Å². The van der Waals surface area contributed by atoms with Crippen molar-refractivity contribution in [3.05, 3.63) is 0 Å². The molecule has 2 amide bonds. The molecular formula is C12H20N2O2. The van der Waals surface area contributed by atoms with E-state index in [-0.39, 0.29) is 23.9 Å². The molecule has 0 spiro atoms. The van der Waals surface area contributed by atoms with Gasteiger partial charge in [-0.3, -0.25) is 9.59 Å². The Morgan fingerprint density at radius 1 is 1.31 bits per heavy atom. The van der Waals surface area contributed by atoms with Gasteiger partial charge in [-0.25, -0.2) is 0 Å². The van der Waals surface area contributed by atoms with Crippen LogP contribution in [0.15, 0.2) is 0 Å². The molecule has 2 aliphatic rings. The first kappa shape index (κ1) is 11.4. The van der Waals surface area contributed by atoms with Crippen molar-refractivity contribution >= 4 is 11.8 Å². The maximum absolute atomic E-state index is 12.2. The lowest BCUT2D eigenvalue weighted by Gasteiger charge is -2.39. The molecule has 2 rings (SSSR count). The summed E-state index contributed by atoms with van der Waals surface area (Å²) in [6, 6.07) is -0.245. The van der Waals surface area contributed by atoms with Crippen molar-refractivity contribution in [2.45, 2.75) is 58.2 Å². The Kier molecular flexibility index (Phi) is 2.91. The van der Waals surface area contributed by atoms with Crippen LogP contribution in [0, 0.1) is 5.92 Å². The maximum atomic E-state index is 12.2. The van der Waals surface area contributed by atoms with Crippen LogP contribution in [0.25, 0.3) is 0 Å². The normalized spacial score (nSPS) is 38.6. The van der Waals surface area contributed by atoms with E-state index in [0.717, 1.165) is 6.42 Å². The fraction of sp³-hybridized carbons (Fsp3) is 0.833. The molecule has 2 fully saturated rings.